The normalized spacial score (nSPS) is 13.4. The summed E-state index contributed by atoms with van der Waals surface area (Å²) in [6.07, 6.45) is 0. The van der Waals surface area contributed by atoms with Crippen LogP contribution in [0.5, 0.6) is 0 Å². The molecule has 0 aliphatic heterocycles. The van der Waals surface area contributed by atoms with Crippen LogP contribution in [0.3, 0.4) is 0 Å². The molecule has 0 bridgehead atoms. The number of hydrogen-bond donors (Lipinski definition) is 8. The van der Waals surface area contributed by atoms with Crippen LogP contribution in [0.15, 0.2) is 131 Å². The number of nitrogens with one attached hydrogen (secondary N) is 3. The maximum absolute atomic E-state index is 12.5. The summed E-state index contributed by atoms with van der Waals surface area (Å²) in [5.41, 5.74) is 0.340. The second-order valence-corrected chi connectivity index (χ2v) is 20.5. The van der Waals surface area contributed by atoms with Gasteiger partial charge in [-0.15, -0.1) is 0 Å². The Morgan fingerprint density at radius 3 is 1.67 bits per heavy atom. The van der Waals surface area contributed by atoms with Crippen LogP contribution in [-0.4, -0.2) is 85.2 Å². The monoisotopic (exact) mass is 978 g/mol. The summed E-state index contributed by atoms with van der Waals surface area (Å²) in [5, 5.41) is 21.5. The van der Waals surface area contributed by atoms with Crippen molar-refractivity contribution in [2.75, 3.05) is 16.0 Å². The van der Waals surface area contributed by atoms with E-state index in [0.29, 0.717) is 5.56 Å². The third-order valence-corrected chi connectivity index (χ3v) is 13.1. The van der Waals surface area contributed by atoms with Gasteiger partial charge in [-0.3, -0.25) is 22.8 Å². The summed E-state index contributed by atoms with van der Waals surface area (Å²) in [5.74, 6) is -1.18. The Bertz CT molecular complexity index is 3490. The van der Waals surface area contributed by atoms with Crippen molar-refractivity contribution < 1.29 is 64.9 Å². The summed E-state index contributed by atoms with van der Waals surface area (Å²) >= 11 is 0. The van der Waals surface area contributed by atoms with Gasteiger partial charge in [0.25, 0.3) is 50.6 Å². The lowest BCUT2D eigenvalue weighted by Crippen LogP contribution is -2.27. The van der Waals surface area contributed by atoms with Crippen molar-refractivity contribution in [3.8, 4) is 0 Å². The maximum Gasteiger partial charge on any atom is 0.296 e. The Labute approximate surface area is 363 Å². The van der Waals surface area contributed by atoms with Gasteiger partial charge in [0.05, 0.1) is 33.3 Å². The smallest absolute Gasteiger partial charge is 0.296 e. The van der Waals surface area contributed by atoms with Crippen molar-refractivity contribution in [3.63, 3.8) is 0 Å². The Morgan fingerprint density at radius 1 is 0.516 bits per heavy atom. The molecule has 8 N–H and O–H groups in total. The van der Waals surface area contributed by atoms with Crippen LogP contribution in [0.4, 0.5) is 52.0 Å². The first-order chi connectivity index (χ1) is 29.6. The summed E-state index contributed by atoms with van der Waals surface area (Å²) in [6, 6.07) is 17.7. The molecule has 0 amide bonds. The van der Waals surface area contributed by atoms with Crippen molar-refractivity contribution >= 4 is 113 Å². The third kappa shape index (κ3) is 11.6. The maximum atomic E-state index is 12.5. The van der Waals surface area contributed by atoms with E-state index in [1.807, 2.05) is 0 Å². The molecule has 1 unspecified atom stereocenters. The molecule has 30 heteroatoms. The summed E-state index contributed by atoms with van der Waals surface area (Å²) in [6.45, 7) is 2.65. The minimum atomic E-state index is -5.01. The first kappa shape index (κ1) is 47.0. The van der Waals surface area contributed by atoms with E-state index in [0.717, 1.165) is 49.4 Å². The van der Waals surface area contributed by atoms with E-state index in [4.69, 9.17) is 4.55 Å². The molecule has 0 radical (unpaired) electrons. The second-order valence-electron chi connectivity index (χ2n) is 13.1. The van der Waals surface area contributed by atoms with Gasteiger partial charge < -0.3 is 16.0 Å². The van der Waals surface area contributed by atoms with E-state index in [9.17, 15) is 60.3 Å². The van der Waals surface area contributed by atoms with Gasteiger partial charge in [0.1, 0.15) is 14.7 Å². The molecule has 6 aromatic rings. The molecule has 0 aliphatic rings. The van der Waals surface area contributed by atoms with Crippen LogP contribution < -0.4 is 16.0 Å². The summed E-state index contributed by atoms with van der Waals surface area (Å²) in [7, 11) is -23.9. The first-order valence-electron chi connectivity index (χ1n) is 17.3. The fourth-order valence-corrected chi connectivity index (χ4v) is 8.33. The van der Waals surface area contributed by atoms with Crippen LogP contribution in [0, 0.1) is 6.92 Å². The number of benzene rings is 5. The zero-order valence-corrected chi connectivity index (χ0v) is 36.3. The number of anilines is 5. The Morgan fingerprint density at radius 2 is 1.08 bits per heavy atom. The largest absolute Gasteiger partial charge is 0.336 e. The highest BCUT2D eigenvalue weighted by Gasteiger charge is 2.23. The fourth-order valence-electron chi connectivity index (χ4n) is 5.51. The van der Waals surface area contributed by atoms with Crippen molar-refractivity contribution in [1.82, 2.24) is 15.0 Å². The predicted octanol–water partition coefficient (Wildman–Crippen LogP) is 6.28. The van der Waals surface area contributed by atoms with Crippen molar-refractivity contribution in [2.24, 2.45) is 20.5 Å². The molecule has 336 valence electrons. The van der Waals surface area contributed by atoms with Crippen LogP contribution in [0.2, 0.25) is 0 Å². The number of aryl methyl sites for hydroxylation is 1. The van der Waals surface area contributed by atoms with Gasteiger partial charge in [-0.05, 0) is 98.3 Å². The third-order valence-electron chi connectivity index (χ3n) is 8.50. The second kappa shape index (κ2) is 17.6. The first-order valence-corrected chi connectivity index (χ1v) is 24.6. The number of azo groups is 2. The molecule has 0 saturated heterocycles. The van der Waals surface area contributed by atoms with Crippen molar-refractivity contribution in [3.05, 3.63) is 96.6 Å². The van der Waals surface area contributed by atoms with Gasteiger partial charge in [0, 0.05) is 16.5 Å². The molecule has 64 heavy (non-hydrogen) atoms. The van der Waals surface area contributed by atoms with Gasteiger partial charge in [-0.1, -0.05) is 12.1 Å². The highest BCUT2D eigenvalue weighted by Crippen LogP contribution is 2.35. The molecule has 1 heterocycles. The molecular formula is C34H30N10O15S5. The fraction of sp³-hybridized carbons (Fsp3) is 0.0882. The number of hydrogen-bond acceptors (Lipinski definition) is 20. The molecule has 1 atom stereocenters. The van der Waals surface area contributed by atoms with E-state index >= 15 is 0 Å². The zero-order chi connectivity index (χ0) is 47.0. The number of aromatic nitrogens is 3. The average molecular weight is 979 g/mol. The van der Waals surface area contributed by atoms with Crippen LogP contribution in [-0.2, 0) is 50.6 Å². The molecule has 0 saturated carbocycles. The zero-order valence-electron chi connectivity index (χ0n) is 32.2. The molecular weight excluding hydrogens is 949 g/mol. The number of fused-ring (bicyclic) bond motifs is 1. The van der Waals surface area contributed by atoms with Crippen LogP contribution in [0.25, 0.3) is 10.8 Å². The van der Waals surface area contributed by atoms with Gasteiger partial charge in [0.15, 0.2) is 5.37 Å². The predicted molar refractivity (Wildman–Crippen MR) is 227 cm³/mol. The Balaban J connectivity index is 1.31. The highest BCUT2D eigenvalue weighted by molar-refractivity contribution is 7.87. The van der Waals surface area contributed by atoms with Gasteiger partial charge in [-0.25, -0.2) is 0 Å². The van der Waals surface area contributed by atoms with Crippen LogP contribution >= 0.6 is 0 Å². The number of rotatable bonds is 15. The standard InChI is InChI=1S/C34H30N10O15S5/c1-18-14-21(8-12-27(18)44-43-23-15-26-25(30(17-23)63(54,55)56)4-3-5-29(26)62(51,52)53)36-33-38-32(35-19(2)60(45,46)47)39-34(40-33)37-28-13-9-22(16-31(28)64(57,58)59)42-41-20-6-10-24(11-7-20)61(48,49)50/h3-17,19H,1-2H3,(H,45,46,47)(H,48,49,50)(H,51,52,53)(H,54,55,56)(H,57,58,59)(H3,35,36,37,38,39,40). The van der Waals surface area contributed by atoms with E-state index in [1.54, 1.807) is 6.92 Å². The Hall–Kier alpha value is -6.48. The molecule has 0 aliphatic carbocycles. The molecule has 1 aromatic heterocycles. The Kier molecular flexibility index (Phi) is 12.9. The van der Waals surface area contributed by atoms with Gasteiger partial charge >= 0.3 is 0 Å². The lowest BCUT2D eigenvalue weighted by Gasteiger charge is -2.15. The van der Waals surface area contributed by atoms with Crippen molar-refractivity contribution in [1.29, 1.82) is 0 Å². The van der Waals surface area contributed by atoms with E-state index < -0.39 is 87.4 Å². The van der Waals surface area contributed by atoms with E-state index in [2.05, 4.69) is 51.4 Å². The number of nitrogens with zero attached hydrogens (tertiary/aromatic N) is 7. The van der Waals surface area contributed by atoms with E-state index in [1.165, 1.54) is 48.5 Å². The topological polar surface area (TPSA) is 396 Å². The van der Waals surface area contributed by atoms with Crippen molar-refractivity contribution in [2.45, 2.75) is 38.8 Å². The SMILES string of the molecule is Cc1cc(Nc2nc(Nc3ccc(N=Nc4ccc(S(=O)(=O)O)cc4)cc3S(=O)(=O)O)nc(NC(C)S(=O)(=O)O)n2)ccc1N=Nc1cc(S(=O)(=O)O)c2cccc(S(=O)(=O)O)c2c1. The van der Waals surface area contributed by atoms with Crippen LogP contribution in [0.1, 0.15) is 12.5 Å². The highest BCUT2D eigenvalue weighted by atomic mass is 32.2. The molecule has 25 nitrogen and oxygen atoms in total. The summed E-state index contributed by atoms with van der Waals surface area (Å²) in [4.78, 5) is 9.84. The minimum absolute atomic E-state index is 0.107. The minimum Gasteiger partial charge on any atom is -0.336 e. The van der Waals surface area contributed by atoms with Gasteiger partial charge in [0.2, 0.25) is 17.8 Å². The lowest BCUT2D eigenvalue weighted by molar-refractivity contribution is 0.473. The molecule has 5 aromatic carbocycles. The molecule has 6 rings (SSSR count). The average Bonchev–Trinajstić information content (AvgIpc) is 3.18. The quantitative estimate of drug-likeness (QED) is 0.0414. The summed E-state index contributed by atoms with van der Waals surface area (Å²) < 4.78 is 168. The molecule has 0 fully saturated rings. The van der Waals surface area contributed by atoms with Gasteiger partial charge in [-0.2, -0.15) is 77.5 Å². The van der Waals surface area contributed by atoms with E-state index in [-0.39, 0.29) is 50.8 Å². The molecule has 0 spiro atoms. The lowest BCUT2D eigenvalue weighted by atomic mass is 10.1.